The van der Waals surface area contributed by atoms with E-state index in [4.69, 9.17) is 0 Å². The van der Waals surface area contributed by atoms with Gasteiger partial charge in [-0.15, -0.1) is 0 Å². The molecule has 1 heterocycles. The number of urea groups is 1. The number of aromatic nitrogens is 1. The number of nitrogens with zero attached hydrogens (tertiary/aromatic N) is 1. The minimum atomic E-state index is -0.313. The standard InChI is InChI=1S/C15H16N4O2/c1-11(20)18-13-3-2-4-14(9-13)19-15(21)17-10-12-5-7-16-8-6-12/h2-9H,10H2,1H3,(H,18,20)(H2,17,19,21). The third-order valence-electron chi connectivity index (χ3n) is 2.64. The van der Waals surface area contributed by atoms with E-state index in [-0.39, 0.29) is 11.9 Å². The minimum Gasteiger partial charge on any atom is -0.334 e. The van der Waals surface area contributed by atoms with Crippen LogP contribution in [0.15, 0.2) is 48.8 Å². The number of hydrogen-bond acceptors (Lipinski definition) is 3. The summed E-state index contributed by atoms with van der Waals surface area (Å²) in [7, 11) is 0. The highest BCUT2D eigenvalue weighted by molar-refractivity contribution is 5.92. The number of rotatable bonds is 4. The predicted octanol–water partition coefficient (Wildman–Crippen LogP) is 2.36. The number of pyridine rings is 1. The maximum Gasteiger partial charge on any atom is 0.319 e. The average molecular weight is 284 g/mol. The van der Waals surface area contributed by atoms with E-state index in [2.05, 4.69) is 20.9 Å². The van der Waals surface area contributed by atoms with Crippen molar-refractivity contribution in [3.8, 4) is 0 Å². The summed E-state index contributed by atoms with van der Waals surface area (Å²) in [6.45, 7) is 1.85. The van der Waals surface area contributed by atoms with Gasteiger partial charge < -0.3 is 16.0 Å². The molecular formula is C15H16N4O2. The van der Waals surface area contributed by atoms with Crippen LogP contribution in [-0.2, 0) is 11.3 Å². The molecule has 108 valence electrons. The molecule has 1 aromatic heterocycles. The quantitative estimate of drug-likeness (QED) is 0.806. The minimum absolute atomic E-state index is 0.158. The van der Waals surface area contributed by atoms with Gasteiger partial charge in [-0.1, -0.05) is 6.07 Å². The number of carbonyl (C=O) groups excluding carboxylic acids is 2. The van der Waals surface area contributed by atoms with Crippen LogP contribution in [0.2, 0.25) is 0 Å². The van der Waals surface area contributed by atoms with E-state index in [9.17, 15) is 9.59 Å². The van der Waals surface area contributed by atoms with E-state index >= 15 is 0 Å². The Morgan fingerprint density at radius 3 is 2.38 bits per heavy atom. The Labute approximate surface area is 122 Å². The first-order chi connectivity index (χ1) is 10.1. The van der Waals surface area contributed by atoms with E-state index in [1.165, 1.54) is 6.92 Å². The highest BCUT2D eigenvalue weighted by Crippen LogP contribution is 2.14. The SMILES string of the molecule is CC(=O)Nc1cccc(NC(=O)NCc2ccncc2)c1. The number of anilines is 2. The second kappa shape index (κ2) is 7.04. The third-order valence-corrected chi connectivity index (χ3v) is 2.64. The van der Waals surface area contributed by atoms with Gasteiger partial charge >= 0.3 is 6.03 Å². The van der Waals surface area contributed by atoms with Crippen molar-refractivity contribution in [2.24, 2.45) is 0 Å². The lowest BCUT2D eigenvalue weighted by Crippen LogP contribution is -2.28. The monoisotopic (exact) mass is 284 g/mol. The average Bonchev–Trinajstić information content (AvgIpc) is 2.46. The highest BCUT2D eigenvalue weighted by Gasteiger charge is 2.03. The number of nitrogens with one attached hydrogen (secondary N) is 3. The fourth-order valence-corrected chi connectivity index (χ4v) is 1.74. The zero-order valence-corrected chi connectivity index (χ0v) is 11.6. The summed E-state index contributed by atoms with van der Waals surface area (Å²) < 4.78 is 0. The maximum absolute atomic E-state index is 11.8. The molecule has 21 heavy (non-hydrogen) atoms. The van der Waals surface area contributed by atoms with E-state index in [1.807, 2.05) is 12.1 Å². The summed E-state index contributed by atoms with van der Waals surface area (Å²) in [4.78, 5) is 26.7. The Hall–Kier alpha value is -2.89. The van der Waals surface area contributed by atoms with Crippen LogP contribution in [0.5, 0.6) is 0 Å². The molecule has 0 aliphatic rings. The molecule has 0 atom stereocenters. The van der Waals surface area contributed by atoms with Crippen molar-refractivity contribution in [1.82, 2.24) is 10.3 Å². The fraction of sp³-hybridized carbons (Fsp3) is 0.133. The van der Waals surface area contributed by atoms with Gasteiger partial charge in [0.1, 0.15) is 0 Å². The van der Waals surface area contributed by atoms with Crippen molar-refractivity contribution in [2.75, 3.05) is 10.6 Å². The molecule has 1 aromatic carbocycles. The summed E-state index contributed by atoms with van der Waals surface area (Å²) in [6.07, 6.45) is 3.34. The summed E-state index contributed by atoms with van der Waals surface area (Å²) in [5, 5.41) is 8.11. The van der Waals surface area contributed by atoms with Crippen LogP contribution in [-0.4, -0.2) is 16.9 Å². The molecule has 0 fully saturated rings. The maximum atomic E-state index is 11.8. The van der Waals surface area contributed by atoms with Crippen molar-refractivity contribution in [1.29, 1.82) is 0 Å². The van der Waals surface area contributed by atoms with E-state index in [1.54, 1.807) is 36.7 Å². The second-order valence-electron chi connectivity index (χ2n) is 4.43. The van der Waals surface area contributed by atoms with Gasteiger partial charge in [-0.3, -0.25) is 9.78 Å². The smallest absolute Gasteiger partial charge is 0.319 e. The normalized spacial score (nSPS) is 9.76. The Bertz CT molecular complexity index is 629. The molecule has 3 amide bonds. The van der Waals surface area contributed by atoms with E-state index < -0.39 is 0 Å². The van der Waals surface area contributed by atoms with Gasteiger partial charge in [0.25, 0.3) is 0 Å². The molecule has 3 N–H and O–H groups in total. The highest BCUT2D eigenvalue weighted by atomic mass is 16.2. The van der Waals surface area contributed by atoms with Gasteiger partial charge in [0.15, 0.2) is 0 Å². The molecule has 0 spiro atoms. The molecule has 0 saturated heterocycles. The first-order valence-corrected chi connectivity index (χ1v) is 6.45. The van der Waals surface area contributed by atoms with Crippen molar-refractivity contribution in [2.45, 2.75) is 13.5 Å². The first-order valence-electron chi connectivity index (χ1n) is 6.45. The third kappa shape index (κ3) is 4.94. The van der Waals surface area contributed by atoms with Gasteiger partial charge in [0, 0.05) is 37.2 Å². The predicted molar refractivity (Wildman–Crippen MR) is 80.8 cm³/mol. The van der Waals surface area contributed by atoms with E-state index in [0.29, 0.717) is 17.9 Å². The molecule has 0 unspecified atom stereocenters. The molecule has 0 aliphatic carbocycles. The van der Waals surface area contributed by atoms with Crippen LogP contribution in [0.25, 0.3) is 0 Å². The number of carbonyl (C=O) groups is 2. The molecule has 2 aromatic rings. The summed E-state index contributed by atoms with van der Waals surface area (Å²) in [5.41, 5.74) is 2.20. The van der Waals surface area contributed by atoms with Gasteiger partial charge in [0.05, 0.1) is 0 Å². The Morgan fingerprint density at radius 2 is 1.71 bits per heavy atom. The van der Waals surface area contributed by atoms with Crippen molar-refractivity contribution in [3.05, 3.63) is 54.4 Å². The molecule has 6 heteroatoms. The zero-order valence-electron chi connectivity index (χ0n) is 11.6. The van der Waals surface area contributed by atoms with Crippen LogP contribution in [0, 0.1) is 0 Å². The van der Waals surface area contributed by atoms with Crippen LogP contribution in [0.4, 0.5) is 16.2 Å². The lowest BCUT2D eigenvalue weighted by atomic mass is 10.2. The fourth-order valence-electron chi connectivity index (χ4n) is 1.74. The summed E-state index contributed by atoms with van der Waals surface area (Å²) in [5.74, 6) is -0.158. The summed E-state index contributed by atoms with van der Waals surface area (Å²) in [6, 6.07) is 10.3. The van der Waals surface area contributed by atoms with Crippen molar-refractivity contribution in [3.63, 3.8) is 0 Å². The van der Waals surface area contributed by atoms with Crippen LogP contribution < -0.4 is 16.0 Å². The second-order valence-corrected chi connectivity index (χ2v) is 4.43. The van der Waals surface area contributed by atoms with Gasteiger partial charge in [-0.05, 0) is 35.9 Å². The Morgan fingerprint density at radius 1 is 1.05 bits per heavy atom. The Balaban J connectivity index is 1.89. The molecule has 0 bridgehead atoms. The lowest BCUT2D eigenvalue weighted by molar-refractivity contribution is -0.114. The van der Waals surface area contributed by atoms with Crippen LogP contribution in [0.1, 0.15) is 12.5 Å². The van der Waals surface area contributed by atoms with Gasteiger partial charge in [0.2, 0.25) is 5.91 Å². The first kappa shape index (κ1) is 14.5. The van der Waals surface area contributed by atoms with E-state index in [0.717, 1.165) is 5.56 Å². The molecule has 0 aliphatic heterocycles. The number of hydrogen-bond donors (Lipinski definition) is 3. The number of benzene rings is 1. The number of amides is 3. The molecule has 6 nitrogen and oxygen atoms in total. The molecular weight excluding hydrogens is 268 g/mol. The topological polar surface area (TPSA) is 83.1 Å². The largest absolute Gasteiger partial charge is 0.334 e. The van der Waals surface area contributed by atoms with Crippen LogP contribution >= 0.6 is 0 Å². The molecule has 0 saturated carbocycles. The van der Waals surface area contributed by atoms with Gasteiger partial charge in [-0.2, -0.15) is 0 Å². The molecule has 0 radical (unpaired) electrons. The Kier molecular flexibility index (Phi) is 4.87. The van der Waals surface area contributed by atoms with Crippen LogP contribution in [0.3, 0.4) is 0 Å². The summed E-state index contributed by atoms with van der Waals surface area (Å²) >= 11 is 0. The zero-order chi connectivity index (χ0) is 15.1. The van der Waals surface area contributed by atoms with Crippen molar-refractivity contribution < 1.29 is 9.59 Å². The molecule has 2 rings (SSSR count). The van der Waals surface area contributed by atoms with Crippen molar-refractivity contribution >= 4 is 23.3 Å². The lowest BCUT2D eigenvalue weighted by Gasteiger charge is -2.09. The van der Waals surface area contributed by atoms with Gasteiger partial charge in [-0.25, -0.2) is 4.79 Å².